The molecule has 1 aliphatic rings. The van der Waals surface area contributed by atoms with Gasteiger partial charge in [0.05, 0.1) is 0 Å². The quantitative estimate of drug-likeness (QED) is 0.509. The van der Waals surface area contributed by atoms with Crippen molar-refractivity contribution in [2.45, 2.75) is 60.8 Å². The van der Waals surface area contributed by atoms with Crippen LogP contribution in [-0.4, -0.2) is 0 Å². The van der Waals surface area contributed by atoms with Crippen molar-refractivity contribution in [3.05, 3.63) is 6.42 Å². The van der Waals surface area contributed by atoms with Crippen molar-refractivity contribution in [3.8, 4) is 0 Å². The summed E-state index contributed by atoms with van der Waals surface area (Å²) in [6.07, 6.45) is 4.80. The number of hydrogen-bond donors (Lipinski definition) is 0. The molecule has 0 aromatic carbocycles. The van der Waals surface area contributed by atoms with E-state index in [-0.39, 0.29) is 57.8 Å². The minimum atomic E-state index is 0. The third kappa shape index (κ3) is 8.37. The molecule has 0 aromatic rings. The van der Waals surface area contributed by atoms with Crippen LogP contribution in [0.15, 0.2) is 0 Å². The molecule has 0 nitrogen and oxygen atoms in total. The van der Waals surface area contributed by atoms with Crippen LogP contribution in [0.3, 0.4) is 0 Å². The molecule has 15 heavy (non-hydrogen) atoms. The molecule has 0 saturated heterocycles. The van der Waals surface area contributed by atoms with Crippen molar-refractivity contribution in [2.75, 3.05) is 0 Å². The van der Waals surface area contributed by atoms with E-state index in [1.54, 1.807) is 0 Å². The van der Waals surface area contributed by atoms with E-state index in [9.17, 15) is 0 Å². The van der Waals surface area contributed by atoms with Crippen molar-refractivity contribution in [1.82, 2.24) is 0 Å². The summed E-state index contributed by atoms with van der Waals surface area (Å²) in [7, 11) is 0. The van der Waals surface area contributed by atoms with Gasteiger partial charge >= 0.3 is 51.4 Å². The van der Waals surface area contributed by atoms with Crippen molar-refractivity contribution < 1.29 is 52.8 Å². The van der Waals surface area contributed by atoms with Crippen LogP contribution in [0.25, 0.3) is 0 Å². The van der Waals surface area contributed by atoms with E-state index in [0.29, 0.717) is 5.92 Å². The fourth-order valence-electron chi connectivity index (χ4n) is 2.11. The van der Waals surface area contributed by atoms with Gasteiger partial charge in [0.15, 0.2) is 0 Å². The summed E-state index contributed by atoms with van der Waals surface area (Å²) in [6, 6.07) is 0. The maximum atomic E-state index is 7.75. The molecule has 1 saturated carbocycles. The first-order valence-corrected chi connectivity index (χ1v) is 6.21. The van der Waals surface area contributed by atoms with E-state index in [4.69, 9.17) is 1.37 Å². The molecule has 4 unspecified atom stereocenters. The topological polar surface area (TPSA) is 0 Å². The molecule has 1 rings (SSSR count). The second kappa shape index (κ2) is 10.8. The largest absolute Gasteiger partial charge is 1.00 e. The van der Waals surface area contributed by atoms with Crippen LogP contribution in [0, 0.1) is 30.1 Å². The third-order valence-electron chi connectivity index (χ3n) is 2.83. The van der Waals surface area contributed by atoms with E-state index in [0.717, 1.165) is 17.8 Å². The van der Waals surface area contributed by atoms with E-state index >= 15 is 0 Å². The smallest absolute Gasteiger partial charge is 0.325 e. The van der Waals surface area contributed by atoms with E-state index in [1.807, 2.05) is 0 Å². The van der Waals surface area contributed by atoms with Gasteiger partial charge < -0.3 is 6.42 Å². The van der Waals surface area contributed by atoms with Crippen LogP contribution in [0.1, 0.15) is 62.2 Å². The molecule has 0 aromatic heterocycles. The molecule has 0 aliphatic heterocycles. The monoisotopic (exact) mass is 237 g/mol. The summed E-state index contributed by atoms with van der Waals surface area (Å²) in [5, 5.41) is 0. The molecule has 0 radical (unpaired) electrons. The standard InChI is InChI=1S/C10H19.C4H10.K/c1-4-9-7-6-8(3)10(9)5-2;1-4(2)3;/h7-10H,4-6H2,1-3H3;4H,1-3H3;/q-1;;+1/i6D;;. The summed E-state index contributed by atoms with van der Waals surface area (Å²) in [4.78, 5) is 0. The first-order chi connectivity index (χ1) is 6.93. The molecule has 0 bridgehead atoms. The van der Waals surface area contributed by atoms with Gasteiger partial charge in [0, 0.05) is 0 Å². The molecule has 4 atom stereocenters. The summed E-state index contributed by atoms with van der Waals surface area (Å²) in [6.45, 7) is 13.2. The maximum absolute atomic E-state index is 7.75. The predicted octanol–water partition coefficient (Wildman–Crippen LogP) is 1.95. The molecular formula is C14H29K. The zero-order valence-corrected chi connectivity index (χ0v) is 15.0. The first kappa shape index (κ1) is 16.6. The summed E-state index contributed by atoms with van der Waals surface area (Å²) in [5.41, 5.74) is 0. The Bertz CT molecular complexity index is 156. The zero-order chi connectivity index (χ0) is 12.0. The van der Waals surface area contributed by atoms with E-state index in [2.05, 4.69) is 48.0 Å². The second-order valence-corrected chi connectivity index (χ2v) is 5.12. The van der Waals surface area contributed by atoms with Gasteiger partial charge in [-0.2, -0.15) is 12.3 Å². The van der Waals surface area contributed by atoms with Crippen LogP contribution in [0.5, 0.6) is 0 Å². The predicted molar refractivity (Wildman–Crippen MR) is 66.2 cm³/mol. The molecule has 1 fully saturated rings. The fraction of sp³-hybridized carbons (Fsp3) is 0.929. The molecule has 86 valence electrons. The zero-order valence-electron chi connectivity index (χ0n) is 12.9. The Balaban J connectivity index is 0. The van der Waals surface area contributed by atoms with Gasteiger partial charge in [-0.1, -0.05) is 66.2 Å². The van der Waals surface area contributed by atoms with Gasteiger partial charge in [0.25, 0.3) is 0 Å². The van der Waals surface area contributed by atoms with Crippen molar-refractivity contribution >= 4 is 0 Å². The SMILES string of the molecule is CC(C)C.[2H]C1[CH-]C(CC)C(CC)C1C.[K+]. The molecule has 0 N–H and O–H groups in total. The molecule has 1 aliphatic carbocycles. The minimum Gasteiger partial charge on any atom is -0.325 e. The van der Waals surface area contributed by atoms with Crippen LogP contribution >= 0.6 is 0 Å². The molecule has 0 amide bonds. The van der Waals surface area contributed by atoms with Crippen molar-refractivity contribution in [3.63, 3.8) is 0 Å². The first-order valence-electron chi connectivity index (χ1n) is 6.78. The Morgan fingerprint density at radius 1 is 1.27 bits per heavy atom. The Morgan fingerprint density at radius 3 is 2.00 bits per heavy atom. The Labute approximate surface area is 142 Å². The number of rotatable bonds is 2. The van der Waals surface area contributed by atoms with Crippen LogP contribution in [-0.2, 0) is 0 Å². The van der Waals surface area contributed by atoms with Gasteiger partial charge in [0.1, 0.15) is 0 Å². The van der Waals surface area contributed by atoms with Crippen LogP contribution < -0.4 is 51.4 Å². The van der Waals surface area contributed by atoms with Crippen molar-refractivity contribution in [1.29, 1.82) is 0 Å². The summed E-state index contributed by atoms with van der Waals surface area (Å²) in [5.74, 6) is 2.92. The van der Waals surface area contributed by atoms with Crippen LogP contribution in [0.2, 0.25) is 0 Å². The Kier molecular flexibility index (Phi) is 11.9. The normalized spacial score (nSPS) is 35.3. The molecule has 0 heterocycles. The van der Waals surface area contributed by atoms with Gasteiger partial charge in [0.2, 0.25) is 0 Å². The van der Waals surface area contributed by atoms with Gasteiger partial charge in [-0.3, -0.25) is 0 Å². The summed E-state index contributed by atoms with van der Waals surface area (Å²) >= 11 is 0. The van der Waals surface area contributed by atoms with Gasteiger partial charge in [-0.05, 0) is 7.29 Å². The molecular weight excluding hydrogens is 207 g/mol. The molecule has 1 heteroatoms. The molecule has 0 spiro atoms. The average molecular weight is 237 g/mol. The Hall–Kier alpha value is 1.64. The van der Waals surface area contributed by atoms with E-state index < -0.39 is 0 Å². The Morgan fingerprint density at radius 2 is 1.73 bits per heavy atom. The van der Waals surface area contributed by atoms with Crippen LogP contribution in [0.4, 0.5) is 0 Å². The third-order valence-corrected chi connectivity index (χ3v) is 2.83. The van der Waals surface area contributed by atoms with Crippen molar-refractivity contribution in [2.24, 2.45) is 23.7 Å². The maximum Gasteiger partial charge on any atom is 1.00 e. The minimum absolute atomic E-state index is 0. The second-order valence-electron chi connectivity index (χ2n) is 5.12. The summed E-state index contributed by atoms with van der Waals surface area (Å²) < 4.78 is 7.75. The van der Waals surface area contributed by atoms with Gasteiger partial charge in [-0.25, -0.2) is 0 Å². The fourth-order valence-corrected chi connectivity index (χ4v) is 2.11. The average Bonchev–Trinajstić information content (AvgIpc) is 2.41. The van der Waals surface area contributed by atoms with E-state index in [1.165, 1.54) is 12.8 Å². The number of hydrogen-bond acceptors (Lipinski definition) is 0. The van der Waals surface area contributed by atoms with Gasteiger partial charge in [-0.15, -0.1) is 0 Å².